The van der Waals surface area contributed by atoms with Gasteiger partial charge in [0.05, 0.1) is 6.04 Å². The van der Waals surface area contributed by atoms with Crippen molar-refractivity contribution in [2.45, 2.75) is 38.6 Å². The van der Waals surface area contributed by atoms with Crippen molar-refractivity contribution in [2.75, 3.05) is 10.6 Å². The zero-order chi connectivity index (χ0) is 19.0. The Labute approximate surface area is 155 Å². The van der Waals surface area contributed by atoms with Crippen LogP contribution in [0.25, 0.3) is 0 Å². The van der Waals surface area contributed by atoms with E-state index in [1.54, 1.807) is 19.9 Å². The lowest BCUT2D eigenvalue weighted by atomic mass is 10.1. The van der Waals surface area contributed by atoms with Gasteiger partial charge in [-0.25, -0.2) is 18.7 Å². The summed E-state index contributed by atoms with van der Waals surface area (Å²) in [6.45, 7) is 3.57. The molecule has 0 spiro atoms. The normalized spacial score (nSPS) is 14.8. The fraction of sp³-hybridized carbons (Fsp3) is 0.316. The van der Waals surface area contributed by atoms with Crippen LogP contribution < -0.4 is 10.6 Å². The maximum atomic E-state index is 14.0. The molecule has 140 valence electrons. The van der Waals surface area contributed by atoms with Crippen molar-refractivity contribution in [3.05, 3.63) is 59.0 Å². The molecule has 2 aromatic heterocycles. The van der Waals surface area contributed by atoms with E-state index >= 15 is 0 Å². The van der Waals surface area contributed by atoms with Crippen molar-refractivity contribution in [3.8, 4) is 0 Å². The van der Waals surface area contributed by atoms with Gasteiger partial charge in [-0.15, -0.1) is 0 Å². The molecule has 8 heteroatoms. The number of hydrogen-bond acceptors (Lipinski definition) is 5. The molecule has 1 aromatic carbocycles. The highest BCUT2D eigenvalue weighted by Gasteiger charge is 2.25. The Bertz CT molecular complexity index is 967. The van der Waals surface area contributed by atoms with E-state index in [-0.39, 0.29) is 6.04 Å². The fourth-order valence-electron chi connectivity index (χ4n) is 2.99. The first-order valence-electron chi connectivity index (χ1n) is 8.87. The van der Waals surface area contributed by atoms with Gasteiger partial charge in [0.1, 0.15) is 29.1 Å². The molecule has 1 fully saturated rings. The van der Waals surface area contributed by atoms with Crippen LogP contribution in [-0.4, -0.2) is 20.2 Å². The Morgan fingerprint density at radius 3 is 2.59 bits per heavy atom. The monoisotopic (exact) mass is 370 g/mol. The van der Waals surface area contributed by atoms with E-state index in [0.29, 0.717) is 34.8 Å². The molecule has 3 aromatic rings. The van der Waals surface area contributed by atoms with Crippen LogP contribution in [0.5, 0.6) is 0 Å². The summed E-state index contributed by atoms with van der Waals surface area (Å²) in [6.07, 6.45) is 2.39. The van der Waals surface area contributed by atoms with Crippen molar-refractivity contribution in [2.24, 2.45) is 0 Å². The van der Waals surface area contributed by atoms with Crippen molar-refractivity contribution in [1.82, 2.24) is 20.2 Å². The van der Waals surface area contributed by atoms with Crippen LogP contribution in [0, 0.1) is 18.6 Å². The maximum absolute atomic E-state index is 14.0. The van der Waals surface area contributed by atoms with Crippen LogP contribution in [0.4, 0.5) is 26.2 Å². The highest BCUT2D eigenvalue weighted by Crippen LogP contribution is 2.39. The van der Waals surface area contributed by atoms with Crippen LogP contribution in [0.3, 0.4) is 0 Å². The first kappa shape index (κ1) is 17.4. The number of anilines is 3. The smallest absolute Gasteiger partial charge is 0.153 e. The number of aryl methyl sites for hydroxylation is 1. The first-order chi connectivity index (χ1) is 13.0. The molecule has 2 heterocycles. The summed E-state index contributed by atoms with van der Waals surface area (Å²) >= 11 is 0. The van der Waals surface area contributed by atoms with Crippen LogP contribution >= 0.6 is 0 Å². The number of aromatic nitrogens is 4. The van der Waals surface area contributed by atoms with Crippen molar-refractivity contribution < 1.29 is 8.78 Å². The minimum atomic E-state index is -0.600. The predicted octanol–water partition coefficient (Wildman–Crippen LogP) is 4.58. The van der Waals surface area contributed by atoms with Gasteiger partial charge in [-0.2, -0.15) is 5.10 Å². The molecule has 1 atom stereocenters. The number of halogens is 2. The third kappa shape index (κ3) is 4.05. The number of nitrogens with zero attached hydrogens (tertiary/aromatic N) is 3. The third-order valence-electron chi connectivity index (χ3n) is 4.50. The molecular weight excluding hydrogens is 350 g/mol. The Balaban J connectivity index is 1.50. The quantitative estimate of drug-likeness (QED) is 0.592. The standard InChI is InChI=1S/C19H20F2N6/c1-10(14-6-5-13(20)7-15(14)21)22-17-9-18(24-11(2)23-17)25-19-8-16(26-27-19)12-3-4-12/h5-10,12H,3-4H2,1-2H3,(H3,22,23,24,25,26,27)/t10-/m1/s1. The van der Waals surface area contributed by atoms with Crippen LogP contribution in [0.2, 0.25) is 0 Å². The summed E-state index contributed by atoms with van der Waals surface area (Å²) in [5, 5.41) is 13.6. The van der Waals surface area contributed by atoms with E-state index in [1.165, 1.54) is 25.0 Å². The molecule has 0 bridgehead atoms. The van der Waals surface area contributed by atoms with Crippen LogP contribution in [0.15, 0.2) is 30.3 Å². The van der Waals surface area contributed by atoms with E-state index in [1.807, 2.05) is 6.07 Å². The summed E-state index contributed by atoms with van der Waals surface area (Å²) in [5.74, 6) is 1.78. The van der Waals surface area contributed by atoms with Gasteiger partial charge in [-0.1, -0.05) is 6.07 Å². The SMILES string of the molecule is Cc1nc(Nc2cc(C3CC3)[nH]n2)cc(N[C@H](C)c2ccc(F)cc2F)n1. The third-order valence-corrected chi connectivity index (χ3v) is 4.50. The molecule has 1 aliphatic rings. The van der Waals surface area contributed by atoms with E-state index in [9.17, 15) is 8.78 Å². The topological polar surface area (TPSA) is 78.5 Å². The molecule has 6 nitrogen and oxygen atoms in total. The van der Waals surface area contributed by atoms with Gasteiger partial charge in [0, 0.05) is 35.4 Å². The summed E-state index contributed by atoms with van der Waals surface area (Å²) < 4.78 is 27.1. The minimum absolute atomic E-state index is 0.364. The molecule has 1 aliphatic carbocycles. The molecule has 4 rings (SSSR count). The van der Waals surface area contributed by atoms with Crippen LogP contribution in [-0.2, 0) is 0 Å². The minimum Gasteiger partial charge on any atom is -0.363 e. The average Bonchev–Trinajstić information content (AvgIpc) is 3.34. The molecule has 1 saturated carbocycles. The van der Waals surface area contributed by atoms with Crippen LogP contribution in [0.1, 0.15) is 48.8 Å². The first-order valence-corrected chi connectivity index (χ1v) is 8.87. The van der Waals surface area contributed by atoms with Crippen molar-refractivity contribution in [3.63, 3.8) is 0 Å². The fourth-order valence-corrected chi connectivity index (χ4v) is 2.99. The van der Waals surface area contributed by atoms with E-state index < -0.39 is 11.6 Å². The Morgan fingerprint density at radius 2 is 1.85 bits per heavy atom. The van der Waals surface area contributed by atoms with Gasteiger partial charge in [0.15, 0.2) is 5.82 Å². The predicted molar refractivity (Wildman–Crippen MR) is 99.0 cm³/mol. The van der Waals surface area contributed by atoms with Gasteiger partial charge in [0.2, 0.25) is 0 Å². The summed E-state index contributed by atoms with van der Waals surface area (Å²) in [5.41, 5.74) is 1.49. The molecule has 3 N–H and O–H groups in total. The van der Waals surface area contributed by atoms with Gasteiger partial charge < -0.3 is 10.6 Å². The zero-order valence-corrected chi connectivity index (χ0v) is 15.1. The van der Waals surface area contributed by atoms with Gasteiger partial charge in [0.25, 0.3) is 0 Å². The number of H-pyrrole nitrogens is 1. The molecule has 0 unspecified atom stereocenters. The number of nitrogens with one attached hydrogen (secondary N) is 3. The lowest BCUT2D eigenvalue weighted by Crippen LogP contribution is -2.11. The molecule has 0 radical (unpaired) electrons. The molecule has 27 heavy (non-hydrogen) atoms. The van der Waals surface area contributed by atoms with Gasteiger partial charge in [-0.3, -0.25) is 5.10 Å². The summed E-state index contributed by atoms with van der Waals surface area (Å²) in [7, 11) is 0. The Hall–Kier alpha value is -3.03. The average molecular weight is 370 g/mol. The summed E-state index contributed by atoms with van der Waals surface area (Å²) in [4.78, 5) is 8.71. The van der Waals surface area contributed by atoms with Gasteiger partial charge in [-0.05, 0) is 32.8 Å². The maximum Gasteiger partial charge on any atom is 0.153 e. The molecule has 0 amide bonds. The highest BCUT2D eigenvalue weighted by atomic mass is 19.1. The second-order valence-electron chi connectivity index (χ2n) is 6.83. The van der Waals surface area contributed by atoms with Gasteiger partial charge >= 0.3 is 0 Å². The lowest BCUT2D eigenvalue weighted by molar-refractivity contribution is 0.566. The Morgan fingerprint density at radius 1 is 1.07 bits per heavy atom. The number of rotatable bonds is 6. The largest absolute Gasteiger partial charge is 0.363 e. The molecular formula is C19H20F2N6. The second kappa shape index (κ2) is 6.94. The van der Waals surface area contributed by atoms with Crippen molar-refractivity contribution in [1.29, 1.82) is 0 Å². The Kier molecular flexibility index (Phi) is 4.47. The molecule has 0 aliphatic heterocycles. The number of benzene rings is 1. The highest BCUT2D eigenvalue weighted by molar-refractivity contribution is 5.57. The number of hydrogen-bond donors (Lipinski definition) is 3. The number of aromatic amines is 1. The van der Waals surface area contributed by atoms with Crippen molar-refractivity contribution >= 4 is 17.5 Å². The lowest BCUT2D eigenvalue weighted by Gasteiger charge is -2.16. The summed E-state index contributed by atoms with van der Waals surface area (Å²) in [6, 6.07) is 6.87. The van der Waals surface area contributed by atoms with E-state index in [2.05, 4.69) is 30.8 Å². The van der Waals surface area contributed by atoms with E-state index in [4.69, 9.17) is 0 Å². The second-order valence-corrected chi connectivity index (χ2v) is 6.83. The molecule has 0 saturated heterocycles. The zero-order valence-electron chi connectivity index (χ0n) is 15.1. The van der Waals surface area contributed by atoms with E-state index in [0.717, 1.165) is 11.8 Å².